The van der Waals surface area contributed by atoms with Gasteiger partial charge in [-0.1, -0.05) is 12.1 Å². The summed E-state index contributed by atoms with van der Waals surface area (Å²) in [6, 6.07) is 6.08. The molecule has 0 spiro atoms. The van der Waals surface area contributed by atoms with Crippen LogP contribution < -0.4 is 5.32 Å². The molecule has 0 bridgehead atoms. The zero-order valence-electron chi connectivity index (χ0n) is 25.5. The number of benzene rings is 1. The number of methoxy groups -OCH3 is 1. The average Bonchev–Trinajstić information content (AvgIpc) is 3.68. The van der Waals surface area contributed by atoms with Crippen LogP contribution in [0.25, 0.3) is 22.3 Å². The van der Waals surface area contributed by atoms with Gasteiger partial charge in [0.2, 0.25) is 0 Å². The second-order valence-corrected chi connectivity index (χ2v) is 12.4. The molecule has 0 atom stereocenters. The predicted octanol–water partition coefficient (Wildman–Crippen LogP) is 5.51. The Morgan fingerprint density at radius 3 is 2.49 bits per heavy atom. The van der Waals surface area contributed by atoms with Gasteiger partial charge in [-0.2, -0.15) is 5.10 Å². The number of likely N-dealkylation sites (tertiary alicyclic amines) is 1. The number of para-hydroxylation sites is 1. The van der Waals surface area contributed by atoms with Crippen molar-refractivity contribution < 1.29 is 19.1 Å². The number of aryl methyl sites for hydroxylation is 1. The van der Waals surface area contributed by atoms with Crippen LogP contribution in [0.2, 0.25) is 0 Å². The summed E-state index contributed by atoms with van der Waals surface area (Å²) >= 11 is 0. The topological polar surface area (TPSA) is 129 Å². The highest BCUT2D eigenvalue weighted by molar-refractivity contribution is 5.96. The minimum atomic E-state index is -0.577. The fraction of sp³-hybridized carbons (Fsp3) is 0.484. The van der Waals surface area contributed by atoms with Crippen molar-refractivity contribution in [3.63, 3.8) is 0 Å². The lowest BCUT2D eigenvalue weighted by Gasteiger charge is -2.33. The Kier molecular flexibility index (Phi) is 7.31. The lowest BCUT2D eigenvalue weighted by atomic mass is 10.0. The molecule has 12 heteroatoms. The maximum Gasteiger partial charge on any atom is 0.410 e. The molecule has 1 amide bonds. The number of nitrogens with one attached hydrogen (secondary N) is 1. The Morgan fingerprint density at radius 2 is 1.81 bits per heavy atom. The standard InChI is InChI=1S/C31H38N8O4/c1-18-22(16-33-39(18)20-12-14-38(15-13-20)30(41)43-31(2,3)4)34-28-27(29(40)42-6)35-26(24(36-28)19-10-11-19)21-8-7-9-23-25(21)32-17-37(23)5/h7-9,16-17,19-20H,10-15H2,1-6H3,(H,34,36). The third-order valence-corrected chi connectivity index (χ3v) is 8.04. The van der Waals surface area contributed by atoms with E-state index in [0.717, 1.165) is 59.4 Å². The molecule has 3 aromatic heterocycles. The normalized spacial score (nSPS) is 16.0. The smallest absolute Gasteiger partial charge is 0.410 e. The van der Waals surface area contributed by atoms with E-state index in [2.05, 4.69) is 15.4 Å². The third kappa shape index (κ3) is 5.65. The molecule has 12 nitrogen and oxygen atoms in total. The van der Waals surface area contributed by atoms with Crippen LogP contribution in [0.1, 0.15) is 80.3 Å². The molecule has 1 N–H and O–H groups in total. The van der Waals surface area contributed by atoms with Crippen molar-refractivity contribution in [2.75, 3.05) is 25.5 Å². The number of carbonyl (C=O) groups excluding carboxylic acids is 2. The van der Waals surface area contributed by atoms with Crippen LogP contribution in [-0.2, 0) is 16.5 Å². The maximum absolute atomic E-state index is 13.0. The molecule has 43 heavy (non-hydrogen) atoms. The molecular weight excluding hydrogens is 548 g/mol. The number of imidazole rings is 1. The fourth-order valence-electron chi connectivity index (χ4n) is 5.62. The number of hydrogen-bond acceptors (Lipinski definition) is 9. The van der Waals surface area contributed by atoms with Crippen LogP contribution in [0.3, 0.4) is 0 Å². The number of esters is 1. The first-order chi connectivity index (χ1) is 20.5. The van der Waals surface area contributed by atoms with Gasteiger partial charge in [0.15, 0.2) is 11.5 Å². The van der Waals surface area contributed by atoms with E-state index < -0.39 is 11.6 Å². The van der Waals surface area contributed by atoms with Crippen molar-refractivity contribution in [1.82, 2.24) is 34.2 Å². The molecule has 6 rings (SSSR count). The second kappa shape index (κ2) is 11.0. The largest absolute Gasteiger partial charge is 0.464 e. The molecule has 4 heterocycles. The number of piperidine rings is 1. The first-order valence-corrected chi connectivity index (χ1v) is 14.7. The quantitative estimate of drug-likeness (QED) is 0.291. The van der Waals surface area contributed by atoms with Crippen LogP contribution in [0.15, 0.2) is 30.7 Å². The van der Waals surface area contributed by atoms with Crippen molar-refractivity contribution >= 4 is 34.6 Å². The van der Waals surface area contributed by atoms with E-state index in [4.69, 9.17) is 19.4 Å². The fourth-order valence-corrected chi connectivity index (χ4v) is 5.62. The van der Waals surface area contributed by atoms with Crippen LogP contribution in [-0.4, -0.2) is 72.1 Å². The number of amides is 1. The summed E-state index contributed by atoms with van der Waals surface area (Å²) in [4.78, 5) is 41.8. The van der Waals surface area contributed by atoms with Crippen molar-refractivity contribution in [2.24, 2.45) is 7.05 Å². The van der Waals surface area contributed by atoms with Crippen molar-refractivity contribution in [3.8, 4) is 11.3 Å². The number of rotatable bonds is 6. The average molecular weight is 587 g/mol. The first kappa shape index (κ1) is 28.6. The molecule has 1 aliphatic carbocycles. The molecule has 4 aromatic rings. The molecule has 0 radical (unpaired) electrons. The monoisotopic (exact) mass is 586 g/mol. The van der Waals surface area contributed by atoms with Gasteiger partial charge >= 0.3 is 12.1 Å². The van der Waals surface area contributed by atoms with Crippen molar-refractivity contribution in [2.45, 2.75) is 70.9 Å². The number of nitrogens with zero attached hydrogens (tertiary/aromatic N) is 7. The van der Waals surface area contributed by atoms with Gasteiger partial charge in [0, 0.05) is 31.6 Å². The van der Waals surface area contributed by atoms with E-state index in [9.17, 15) is 9.59 Å². The van der Waals surface area contributed by atoms with E-state index >= 15 is 0 Å². The summed E-state index contributed by atoms with van der Waals surface area (Å²) in [6.45, 7) is 8.79. The molecular formula is C31H38N8O4. The minimum absolute atomic E-state index is 0.104. The lowest BCUT2D eigenvalue weighted by molar-refractivity contribution is 0.0184. The zero-order valence-corrected chi connectivity index (χ0v) is 25.5. The van der Waals surface area contributed by atoms with Crippen LogP contribution in [0.4, 0.5) is 16.3 Å². The Labute approximate surface area is 250 Å². The maximum atomic E-state index is 13.0. The minimum Gasteiger partial charge on any atom is -0.464 e. The summed E-state index contributed by atoms with van der Waals surface area (Å²) in [5.74, 6) is 0.0205. The van der Waals surface area contributed by atoms with Gasteiger partial charge in [0.1, 0.15) is 5.60 Å². The van der Waals surface area contributed by atoms with Gasteiger partial charge in [-0.05, 0) is 59.4 Å². The van der Waals surface area contributed by atoms with Crippen LogP contribution >= 0.6 is 0 Å². The second-order valence-electron chi connectivity index (χ2n) is 12.4. The summed E-state index contributed by atoms with van der Waals surface area (Å²) in [5, 5.41) is 8.02. The summed E-state index contributed by atoms with van der Waals surface area (Å²) in [6.07, 6.45) is 6.77. The number of aromatic nitrogens is 6. The van der Waals surface area contributed by atoms with Crippen molar-refractivity contribution in [1.29, 1.82) is 0 Å². The third-order valence-electron chi connectivity index (χ3n) is 8.04. The Morgan fingerprint density at radius 1 is 1.07 bits per heavy atom. The molecule has 1 saturated carbocycles. The predicted molar refractivity (Wildman–Crippen MR) is 161 cm³/mol. The SMILES string of the molecule is COC(=O)c1nc(-c2cccc3c2ncn3C)c(C2CC2)nc1Nc1cnn(C2CCN(C(=O)OC(C)(C)C)CC2)c1C. The molecule has 2 fully saturated rings. The molecule has 226 valence electrons. The Hall–Kier alpha value is -4.48. The molecule has 1 aliphatic heterocycles. The first-order valence-electron chi connectivity index (χ1n) is 14.7. The van der Waals surface area contributed by atoms with E-state index in [1.54, 1.807) is 17.4 Å². The van der Waals surface area contributed by atoms with E-state index in [-0.39, 0.29) is 23.7 Å². The van der Waals surface area contributed by atoms with Gasteiger partial charge in [-0.3, -0.25) is 4.68 Å². The Balaban J connectivity index is 1.29. The number of ether oxygens (including phenoxy) is 2. The van der Waals surface area contributed by atoms with Gasteiger partial charge in [0.25, 0.3) is 0 Å². The highest BCUT2D eigenvalue weighted by Gasteiger charge is 2.33. The van der Waals surface area contributed by atoms with E-state index in [0.29, 0.717) is 24.6 Å². The summed E-state index contributed by atoms with van der Waals surface area (Å²) < 4.78 is 14.6. The highest BCUT2D eigenvalue weighted by atomic mass is 16.6. The Bertz CT molecular complexity index is 1690. The van der Waals surface area contributed by atoms with E-state index in [1.807, 2.05) is 62.2 Å². The number of fused-ring (bicyclic) bond motifs is 1. The van der Waals surface area contributed by atoms with Gasteiger partial charge in [0.05, 0.1) is 59.5 Å². The molecule has 1 aromatic carbocycles. The molecule has 2 aliphatic rings. The van der Waals surface area contributed by atoms with Crippen LogP contribution in [0.5, 0.6) is 0 Å². The van der Waals surface area contributed by atoms with Gasteiger partial charge < -0.3 is 24.3 Å². The summed E-state index contributed by atoms with van der Waals surface area (Å²) in [5.41, 5.74) is 5.34. The number of hydrogen-bond donors (Lipinski definition) is 1. The van der Waals surface area contributed by atoms with Crippen LogP contribution in [0, 0.1) is 6.92 Å². The summed E-state index contributed by atoms with van der Waals surface area (Å²) in [7, 11) is 3.29. The molecule has 0 unspecified atom stereocenters. The van der Waals surface area contributed by atoms with Gasteiger partial charge in [-0.25, -0.2) is 24.5 Å². The molecule has 1 saturated heterocycles. The van der Waals surface area contributed by atoms with E-state index in [1.165, 1.54) is 7.11 Å². The number of carbonyl (C=O) groups is 2. The van der Waals surface area contributed by atoms with Gasteiger partial charge in [-0.15, -0.1) is 0 Å². The van der Waals surface area contributed by atoms with Crippen molar-refractivity contribution in [3.05, 3.63) is 47.8 Å². The highest BCUT2D eigenvalue weighted by Crippen LogP contribution is 2.45. The number of anilines is 2. The zero-order chi connectivity index (χ0) is 30.5. The lowest BCUT2D eigenvalue weighted by Crippen LogP contribution is -2.42.